The molecule has 3 rings (SSSR count). The molecule has 0 unspecified atom stereocenters. The lowest BCUT2D eigenvalue weighted by Gasteiger charge is -2.03. The van der Waals surface area contributed by atoms with Gasteiger partial charge in [0.15, 0.2) is 0 Å². The van der Waals surface area contributed by atoms with Crippen LogP contribution in [0.15, 0.2) is 62.3 Å². The molecule has 0 spiro atoms. The van der Waals surface area contributed by atoms with Gasteiger partial charge >= 0.3 is 6.01 Å². The molecule has 6 nitrogen and oxygen atoms in total. The topological polar surface area (TPSA) is 77.2 Å². The van der Waals surface area contributed by atoms with E-state index in [0.29, 0.717) is 18.1 Å². The Morgan fingerprint density at radius 2 is 2.04 bits per heavy atom. The number of halogens is 1. The number of nitrogens with one attached hydrogen (secondary N) is 1. The molecule has 0 atom stereocenters. The number of carbonyl (C=O) groups is 1. The number of nitrogens with zero attached hydrogens (tertiary/aromatic N) is 2. The van der Waals surface area contributed by atoms with Crippen molar-refractivity contribution in [2.75, 3.05) is 18.2 Å². The van der Waals surface area contributed by atoms with Gasteiger partial charge in [-0.1, -0.05) is 27.1 Å². The smallest absolute Gasteiger partial charge is 0.322 e. The number of hydrogen-bond donors (Lipinski definition) is 1. The first kappa shape index (κ1) is 18.5. The van der Waals surface area contributed by atoms with Gasteiger partial charge in [-0.2, -0.15) is 0 Å². The molecule has 0 aliphatic heterocycles. The van der Waals surface area contributed by atoms with Crippen LogP contribution in [0.25, 0.3) is 11.5 Å². The SMILES string of the molecule is COc1ccc(SCCC(=O)Nc2nnc(-c3cccc(Br)c3)o2)cc1. The van der Waals surface area contributed by atoms with E-state index in [4.69, 9.17) is 9.15 Å². The molecule has 1 aromatic heterocycles. The Morgan fingerprint density at radius 3 is 2.77 bits per heavy atom. The largest absolute Gasteiger partial charge is 0.497 e. The van der Waals surface area contributed by atoms with Crippen molar-refractivity contribution in [2.24, 2.45) is 0 Å². The second kappa shape index (κ2) is 8.86. The number of thioether (sulfide) groups is 1. The van der Waals surface area contributed by atoms with Crippen LogP contribution in [-0.4, -0.2) is 29.0 Å². The van der Waals surface area contributed by atoms with Crippen molar-refractivity contribution in [1.82, 2.24) is 10.2 Å². The van der Waals surface area contributed by atoms with Gasteiger partial charge < -0.3 is 9.15 Å². The van der Waals surface area contributed by atoms with Gasteiger partial charge in [0.2, 0.25) is 11.8 Å². The minimum Gasteiger partial charge on any atom is -0.497 e. The van der Waals surface area contributed by atoms with E-state index in [0.717, 1.165) is 20.7 Å². The monoisotopic (exact) mass is 433 g/mol. The van der Waals surface area contributed by atoms with E-state index in [2.05, 4.69) is 31.4 Å². The van der Waals surface area contributed by atoms with Crippen LogP contribution < -0.4 is 10.1 Å². The van der Waals surface area contributed by atoms with Crippen LogP contribution in [-0.2, 0) is 4.79 Å². The third-order valence-corrected chi connectivity index (χ3v) is 4.91. The first-order valence-corrected chi connectivity index (χ1v) is 9.58. The predicted octanol–water partition coefficient (Wildman–Crippen LogP) is 4.63. The van der Waals surface area contributed by atoms with Gasteiger partial charge in [0.1, 0.15) is 5.75 Å². The van der Waals surface area contributed by atoms with E-state index in [1.807, 2.05) is 48.5 Å². The molecule has 1 heterocycles. The molecule has 1 amide bonds. The average molecular weight is 434 g/mol. The second-order valence-electron chi connectivity index (χ2n) is 5.24. The highest BCUT2D eigenvalue weighted by Crippen LogP contribution is 2.24. The van der Waals surface area contributed by atoms with Gasteiger partial charge in [0, 0.05) is 27.1 Å². The molecule has 1 N–H and O–H groups in total. The van der Waals surface area contributed by atoms with Crippen molar-refractivity contribution in [3.05, 3.63) is 53.0 Å². The molecule has 0 saturated carbocycles. The Kier molecular flexibility index (Phi) is 6.30. The van der Waals surface area contributed by atoms with Crippen molar-refractivity contribution in [3.8, 4) is 17.2 Å². The summed E-state index contributed by atoms with van der Waals surface area (Å²) in [4.78, 5) is 13.1. The van der Waals surface area contributed by atoms with E-state index in [9.17, 15) is 4.79 Å². The molecular weight excluding hydrogens is 418 g/mol. The highest BCUT2D eigenvalue weighted by atomic mass is 79.9. The van der Waals surface area contributed by atoms with E-state index in [1.54, 1.807) is 18.9 Å². The van der Waals surface area contributed by atoms with E-state index >= 15 is 0 Å². The number of anilines is 1. The summed E-state index contributed by atoms with van der Waals surface area (Å²) in [7, 11) is 1.63. The maximum Gasteiger partial charge on any atom is 0.322 e. The fraction of sp³-hybridized carbons (Fsp3) is 0.167. The van der Waals surface area contributed by atoms with Crippen molar-refractivity contribution in [1.29, 1.82) is 0 Å². The normalized spacial score (nSPS) is 10.5. The number of amides is 1. The summed E-state index contributed by atoms with van der Waals surface area (Å²) < 4.78 is 11.5. The Labute approximate surface area is 163 Å². The molecule has 0 radical (unpaired) electrons. The van der Waals surface area contributed by atoms with Crippen LogP contribution in [0.1, 0.15) is 6.42 Å². The zero-order chi connectivity index (χ0) is 18.4. The van der Waals surface area contributed by atoms with Crippen molar-refractivity contribution < 1.29 is 13.9 Å². The number of benzene rings is 2. The van der Waals surface area contributed by atoms with Crippen molar-refractivity contribution in [2.45, 2.75) is 11.3 Å². The minimum absolute atomic E-state index is 0.0967. The number of rotatable bonds is 7. The predicted molar refractivity (Wildman–Crippen MR) is 104 cm³/mol. The standard InChI is InChI=1S/C18H16BrN3O3S/c1-24-14-5-7-15(8-6-14)26-10-9-16(23)20-18-22-21-17(25-18)12-3-2-4-13(19)11-12/h2-8,11H,9-10H2,1H3,(H,20,22,23). The van der Waals surface area contributed by atoms with Crippen LogP contribution in [0.2, 0.25) is 0 Å². The molecule has 3 aromatic rings. The molecule has 0 aliphatic carbocycles. The van der Waals surface area contributed by atoms with Crippen LogP contribution in [0, 0.1) is 0 Å². The third kappa shape index (κ3) is 5.09. The Balaban J connectivity index is 1.49. The lowest BCUT2D eigenvalue weighted by Crippen LogP contribution is -2.12. The fourth-order valence-electron chi connectivity index (χ4n) is 2.13. The molecule has 8 heteroatoms. The summed E-state index contributed by atoms with van der Waals surface area (Å²) >= 11 is 4.99. The zero-order valence-corrected chi connectivity index (χ0v) is 16.3. The quantitative estimate of drug-likeness (QED) is 0.547. The lowest BCUT2D eigenvalue weighted by atomic mass is 10.2. The molecule has 0 bridgehead atoms. The number of aromatic nitrogens is 2. The summed E-state index contributed by atoms with van der Waals surface area (Å²) in [6.45, 7) is 0. The van der Waals surface area contributed by atoms with Gasteiger partial charge in [-0.25, -0.2) is 0 Å². The Hall–Kier alpha value is -2.32. The molecule has 0 fully saturated rings. The Bertz CT molecular complexity index is 883. The van der Waals surface area contributed by atoms with Gasteiger partial charge in [0.25, 0.3) is 0 Å². The third-order valence-electron chi connectivity index (χ3n) is 3.40. The molecular formula is C18H16BrN3O3S. The number of ether oxygens (including phenoxy) is 1. The van der Waals surface area contributed by atoms with Gasteiger partial charge in [0.05, 0.1) is 7.11 Å². The molecule has 0 aliphatic rings. The lowest BCUT2D eigenvalue weighted by molar-refractivity contribution is -0.115. The van der Waals surface area contributed by atoms with Gasteiger partial charge in [-0.15, -0.1) is 16.9 Å². The van der Waals surface area contributed by atoms with Crippen LogP contribution in [0.4, 0.5) is 6.01 Å². The van der Waals surface area contributed by atoms with E-state index in [-0.39, 0.29) is 11.9 Å². The van der Waals surface area contributed by atoms with Gasteiger partial charge in [-0.05, 0) is 42.5 Å². The van der Waals surface area contributed by atoms with Crippen molar-refractivity contribution in [3.63, 3.8) is 0 Å². The fourth-order valence-corrected chi connectivity index (χ4v) is 3.38. The number of methoxy groups -OCH3 is 1. The number of carbonyl (C=O) groups excluding carboxylic acids is 1. The molecule has 134 valence electrons. The Morgan fingerprint density at radius 1 is 1.23 bits per heavy atom. The minimum atomic E-state index is -0.171. The van der Waals surface area contributed by atoms with E-state index in [1.165, 1.54) is 0 Å². The summed E-state index contributed by atoms with van der Waals surface area (Å²) in [5.41, 5.74) is 0.780. The molecule has 0 saturated heterocycles. The molecule has 2 aromatic carbocycles. The average Bonchev–Trinajstić information content (AvgIpc) is 3.11. The highest BCUT2D eigenvalue weighted by molar-refractivity contribution is 9.10. The second-order valence-corrected chi connectivity index (χ2v) is 7.33. The zero-order valence-electron chi connectivity index (χ0n) is 13.9. The summed E-state index contributed by atoms with van der Waals surface area (Å²) in [6.07, 6.45) is 0.339. The van der Waals surface area contributed by atoms with Crippen LogP contribution in [0.3, 0.4) is 0 Å². The van der Waals surface area contributed by atoms with E-state index < -0.39 is 0 Å². The van der Waals surface area contributed by atoms with Gasteiger partial charge in [-0.3, -0.25) is 10.1 Å². The highest BCUT2D eigenvalue weighted by Gasteiger charge is 2.11. The molecule has 26 heavy (non-hydrogen) atoms. The maximum absolute atomic E-state index is 12.0. The summed E-state index contributed by atoms with van der Waals surface area (Å²) in [5.74, 6) is 1.64. The van der Waals surface area contributed by atoms with Crippen LogP contribution in [0.5, 0.6) is 5.75 Å². The maximum atomic E-state index is 12.0. The first-order valence-electron chi connectivity index (χ1n) is 7.80. The van der Waals surface area contributed by atoms with Crippen LogP contribution >= 0.6 is 27.7 Å². The van der Waals surface area contributed by atoms with Crippen molar-refractivity contribution >= 4 is 39.6 Å². The summed E-state index contributed by atoms with van der Waals surface area (Å²) in [6, 6.07) is 15.3. The number of hydrogen-bond acceptors (Lipinski definition) is 6. The first-order chi connectivity index (χ1) is 12.6. The summed E-state index contributed by atoms with van der Waals surface area (Å²) in [5, 5.41) is 10.4.